The Kier molecular flexibility index (Phi) is 20.5. The second kappa shape index (κ2) is 22.9. The molecule has 242 valence electrons. The van der Waals surface area contributed by atoms with Gasteiger partial charge >= 0.3 is 11.9 Å². The van der Waals surface area contributed by atoms with E-state index in [9.17, 15) is 9.59 Å². The van der Waals surface area contributed by atoms with Gasteiger partial charge in [-0.3, -0.25) is 0 Å². The van der Waals surface area contributed by atoms with E-state index in [1.54, 1.807) is 27.0 Å². The van der Waals surface area contributed by atoms with Gasteiger partial charge in [0.2, 0.25) is 0 Å². The number of hydrogen-bond donors (Lipinski definition) is 1. The van der Waals surface area contributed by atoms with Gasteiger partial charge in [0, 0.05) is 43.1 Å². The Bertz CT molecular complexity index is 1250. The van der Waals surface area contributed by atoms with E-state index in [0.29, 0.717) is 34.8 Å². The van der Waals surface area contributed by atoms with Crippen molar-refractivity contribution in [3.63, 3.8) is 0 Å². The van der Waals surface area contributed by atoms with Crippen LogP contribution in [0.3, 0.4) is 0 Å². The fourth-order valence-electron chi connectivity index (χ4n) is 2.98. The van der Waals surface area contributed by atoms with Crippen LogP contribution in [-0.2, 0) is 20.8 Å². The van der Waals surface area contributed by atoms with E-state index in [0.717, 1.165) is 29.6 Å². The number of nitrogens with zero attached hydrogens (tertiary/aromatic N) is 6. The lowest BCUT2D eigenvalue weighted by molar-refractivity contribution is 0.0515. The van der Waals surface area contributed by atoms with E-state index in [2.05, 4.69) is 29.9 Å². The minimum Gasteiger partial charge on any atom is -0.462 e. The van der Waals surface area contributed by atoms with Crippen LogP contribution in [0.1, 0.15) is 64.4 Å². The van der Waals surface area contributed by atoms with Gasteiger partial charge in [-0.2, -0.15) is 0 Å². The molecule has 0 bridgehead atoms. The van der Waals surface area contributed by atoms with Crippen LogP contribution in [0.2, 0.25) is 5.15 Å². The van der Waals surface area contributed by atoms with E-state index >= 15 is 0 Å². The molecule has 3 aromatic heterocycles. The summed E-state index contributed by atoms with van der Waals surface area (Å²) in [6, 6.07) is 0. The van der Waals surface area contributed by atoms with Crippen LogP contribution < -0.4 is 0 Å². The third-order valence-corrected chi connectivity index (χ3v) is 7.25. The molecule has 0 aliphatic carbocycles. The number of halogens is 1. The van der Waals surface area contributed by atoms with Crippen molar-refractivity contribution >= 4 is 58.8 Å². The van der Waals surface area contributed by atoms with Gasteiger partial charge in [0.1, 0.15) is 10.7 Å². The zero-order chi connectivity index (χ0) is 32.9. The summed E-state index contributed by atoms with van der Waals surface area (Å²) in [4.78, 5) is 46.8. The van der Waals surface area contributed by atoms with E-state index < -0.39 is 5.97 Å². The SMILES string of the molecule is C1CCOC1.CCOC(=O)c1cnc(SC)nc1C.CCOC(=O)c1cnc(SC)nc1Cl.CSc1ncc(CO)c(C)n1. The normalized spacial score (nSPS) is 11.6. The maximum Gasteiger partial charge on any atom is 0.342 e. The first-order chi connectivity index (χ1) is 21.1. The highest BCUT2D eigenvalue weighted by Gasteiger charge is 2.14. The van der Waals surface area contributed by atoms with Crippen LogP contribution in [0.4, 0.5) is 0 Å². The van der Waals surface area contributed by atoms with E-state index in [1.165, 1.54) is 60.5 Å². The Hall–Kier alpha value is -2.56. The molecule has 0 saturated carbocycles. The van der Waals surface area contributed by atoms with Gasteiger partial charge in [0.25, 0.3) is 0 Å². The summed E-state index contributed by atoms with van der Waals surface area (Å²) >= 11 is 10.1. The molecule has 4 rings (SSSR count). The quantitative estimate of drug-likeness (QED) is 0.137. The summed E-state index contributed by atoms with van der Waals surface area (Å²) in [6.45, 7) is 9.82. The zero-order valence-corrected chi connectivity index (χ0v) is 29.2. The minimum atomic E-state index is -0.495. The topological polar surface area (TPSA) is 159 Å². The van der Waals surface area contributed by atoms with Crippen molar-refractivity contribution in [1.82, 2.24) is 29.9 Å². The molecule has 0 aromatic carbocycles. The third kappa shape index (κ3) is 14.5. The first kappa shape index (κ1) is 39.5. The standard InChI is InChI=1S/C9H12N2O2S.C8H9ClN2O2S.C7H10N2OS.C4H8O/c1-4-13-8(12)7-5-10-9(14-3)11-6(7)2;1-3-13-7(12)5-4-10-8(14-2)11-6(5)9;1-5-6(4-10)3-8-7(9-5)11-2;1-2-4-5-3-1/h5H,4H2,1-3H3;4H,3H2,1-2H3;3,10H,4H2,1-2H3;1-4H2. The average molecular weight is 687 g/mol. The van der Waals surface area contributed by atoms with Crippen molar-refractivity contribution in [2.24, 2.45) is 0 Å². The number of ether oxygens (including phenoxy) is 3. The van der Waals surface area contributed by atoms with Crippen molar-refractivity contribution in [3.8, 4) is 0 Å². The number of carbonyl (C=O) groups is 2. The lowest BCUT2D eigenvalue weighted by Crippen LogP contribution is -2.09. The van der Waals surface area contributed by atoms with Crippen LogP contribution >= 0.6 is 46.9 Å². The molecule has 1 aliphatic rings. The molecule has 1 saturated heterocycles. The maximum atomic E-state index is 11.4. The Morgan fingerprint density at radius 2 is 1.25 bits per heavy atom. The van der Waals surface area contributed by atoms with Crippen molar-refractivity contribution in [3.05, 3.63) is 51.8 Å². The molecule has 1 aliphatic heterocycles. The molecule has 0 atom stereocenters. The van der Waals surface area contributed by atoms with Crippen LogP contribution in [0.25, 0.3) is 0 Å². The van der Waals surface area contributed by atoms with Gasteiger partial charge in [-0.15, -0.1) is 0 Å². The maximum absolute atomic E-state index is 11.4. The number of carbonyl (C=O) groups excluding carboxylic acids is 2. The second-order valence-electron chi connectivity index (χ2n) is 8.30. The molecule has 0 spiro atoms. The molecule has 44 heavy (non-hydrogen) atoms. The molecule has 3 aromatic rings. The molecule has 0 radical (unpaired) electrons. The van der Waals surface area contributed by atoms with Crippen LogP contribution in [0, 0.1) is 13.8 Å². The number of thioether (sulfide) groups is 3. The number of hydrogen-bond acceptors (Lipinski definition) is 15. The Labute approximate surface area is 276 Å². The smallest absolute Gasteiger partial charge is 0.342 e. The molecule has 0 unspecified atom stereocenters. The fraction of sp³-hybridized carbons (Fsp3) is 0.500. The van der Waals surface area contributed by atoms with Crippen molar-refractivity contribution < 1.29 is 28.9 Å². The number of aryl methyl sites for hydroxylation is 2. The highest BCUT2D eigenvalue weighted by atomic mass is 35.5. The third-order valence-electron chi connectivity index (χ3n) is 5.27. The van der Waals surface area contributed by atoms with Gasteiger partial charge in [0.05, 0.1) is 31.1 Å². The molecule has 4 heterocycles. The Morgan fingerprint density at radius 3 is 1.64 bits per heavy atom. The molecular weight excluding hydrogens is 648 g/mol. The summed E-state index contributed by atoms with van der Waals surface area (Å²) < 4.78 is 14.6. The molecule has 0 amide bonds. The summed E-state index contributed by atoms with van der Waals surface area (Å²) in [6.07, 6.45) is 12.7. The fourth-order valence-corrected chi connectivity index (χ4v) is 4.35. The number of aliphatic hydroxyl groups is 1. The van der Waals surface area contributed by atoms with Gasteiger partial charge in [0.15, 0.2) is 15.5 Å². The van der Waals surface area contributed by atoms with Gasteiger partial charge in [-0.1, -0.05) is 46.9 Å². The van der Waals surface area contributed by atoms with Gasteiger partial charge < -0.3 is 19.3 Å². The first-order valence-corrected chi connectivity index (χ1v) is 17.5. The monoisotopic (exact) mass is 686 g/mol. The first-order valence-electron chi connectivity index (χ1n) is 13.5. The number of aromatic nitrogens is 6. The Morgan fingerprint density at radius 1 is 0.795 bits per heavy atom. The highest BCUT2D eigenvalue weighted by Crippen LogP contribution is 2.17. The van der Waals surface area contributed by atoms with Gasteiger partial charge in [-0.05, 0) is 59.3 Å². The summed E-state index contributed by atoms with van der Waals surface area (Å²) in [7, 11) is 0. The van der Waals surface area contributed by atoms with Crippen LogP contribution in [-0.4, -0.2) is 92.1 Å². The summed E-state index contributed by atoms with van der Waals surface area (Å²) in [5.74, 6) is -0.859. The molecular formula is C28H39ClN6O6S3. The van der Waals surface area contributed by atoms with Crippen molar-refractivity contribution in [1.29, 1.82) is 0 Å². The highest BCUT2D eigenvalue weighted by molar-refractivity contribution is 7.98. The predicted molar refractivity (Wildman–Crippen MR) is 174 cm³/mol. The predicted octanol–water partition coefficient (Wildman–Crippen LogP) is 5.51. The Balaban J connectivity index is 0.000000307. The molecule has 12 nitrogen and oxygen atoms in total. The summed E-state index contributed by atoms with van der Waals surface area (Å²) in [5.41, 5.74) is 2.94. The van der Waals surface area contributed by atoms with Crippen LogP contribution in [0.5, 0.6) is 0 Å². The number of esters is 2. The van der Waals surface area contributed by atoms with E-state index in [-0.39, 0.29) is 23.3 Å². The number of rotatable bonds is 8. The largest absolute Gasteiger partial charge is 0.462 e. The van der Waals surface area contributed by atoms with Gasteiger partial charge in [-0.25, -0.2) is 39.5 Å². The van der Waals surface area contributed by atoms with Crippen LogP contribution in [0.15, 0.2) is 34.1 Å². The zero-order valence-electron chi connectivity index (χ0n) is 26.0. The van der Waals surface area contributed by atoms with Crippen molar-refractivity contribution in [2.45, 2.75) is 62.6 Å². The average Bonchev–Trinajstić information content (AvgIpc) is 3.62. The molecule has 16 heteroatoms. The van der Waals surface area contributed by atoms with E-state index in [4.69, 9.17) is 30.9 Å². The summed E-state index contributed by atoms with van der Waals surface area (Å²) in [5, 5.41) is 10.9. The lowest BCUT2D eigenvalue weighted by atomic mass is 10.2. The minimum absolute atomic E-state index is 0.0144. The molecule has 1 fully saturated rings. The van der Waals surface area contributed by atoms with Crippen molar-refractivity contribution in [2.75, 3.05) is 45.2 Å². The lowest BCUT2D eigenvalue weighted by Gasteiger charge is -2.04. The van der Waals surface area contributed by atoms with E-state index in [1.807, 2.05) is 25.7 Å². The molecule has 1 N–H and O–H groups in total. The second-order valence-corrected chi connectivity index (χ2v) is 11.0. The number of aliphatic hydroxyl groups excluding tert-OH is 1.